The third-order valence-corrected chi connectivity index (χ3v) is 7.71. The van der Waals surface area contributed by atoms with Crippen LogP contribution in [0.2, 0.25) is 0 Å². The zero-order valence-electron chi connectivity index (χ0n) is 19.4. The minimum Gasteiger partial charge on any atom is -0.448 e. The number of carbonyl (C=O) groups excluding carboxylic acids is 1. The number of fused-ring (bicyclic) bond motifs is 5. The van der Waals surface area contributed by atoms with Crippen molar-refractivity contribution >= 4 is 6.09 Å². The number of amides is 1. The SMILES string of the molecule is O=C(OCC1c2ccccc2-c2ccccc21)N1C2C=C(Cc3cccc(F)c3F)CC1CCC2. The molecular weight excluding hydrogens is 444 g/mol. The molecule has 0 N–H and O–H groups in total. The van der Waals surface area contributed by atoms with Crippen molar-refractivity contribution in [3.05, 3.63) is 107 Å². The highest BCUT2D eigenvalue weighted by Crippen LogP contribution is 2.45. The summed E-state index contributed by atoms with van der Waals surface area (Å²) in [4.78, 5) is 15.2. The largest absolute Gasteiger partial charge is 0.448 e. The predicted molar refractivity (Wildman–Crippen MR) is 131 cm³/mol. The second-order valence-electron chi connectivity index (χ2n) is 9.78. The Morgan fingerprint density at radius 3 is 2.34 bits per heavy atom. The van der Waals surface area contributed by atoms with E-state index in [0.717, 1.165) is 30.9 Å². The van der Waals surface area contributed by atoms with Crippen LogP contribution in [0.1, 0.15) is 48.3 Å². The second-order valence-corrected chi connectivity index (χ2v) is 9.78. The van der Waals surface area contributed by atoms with Crippen LogP contribution in [0.3, 0.4) is 0 Å². The van der Waals surface area contributed by atoms with Gasteiger partial charge in [-0.15, -0.1) is 0 Å². The third-order valence-electron chi connectivity index (χ3n) is 7.71. The average Bonchev–Trinajstić information content (AvgIpc) is 3.18. The van der Waals surface area contributed by atoms with Crippen molar-refractivity contribution in [1.29, 1.82) is 0 Å². The van der Waals surface area contributed by atoms with Crippen molar-refractivity contribution in [1.82, 2.24) is 4.90 Å². The highest BCUT2D eigenvalue weighted by molar-refractivity contribution is 5.79. The van der Waals surface area contributed by atoms with E-state index in [2.05, 4.69) is 30.3 Å². The van der Waals surface area contributed by atoms with E-state index >= 15 is 0 Å². The number of rotatable bonds is 4. The van der Waals surface area contributed by atoms with Crippen LogP contribution in [0.4, 0.5) is 13.6 Å². The van der Waals surface area contributed by atoms with Crippen LogP contribution in [0.25, 0.3) is 11.1 Å². The molecule has 5 heteroatoms. The van der Waals surface area contributed by atoms with Crippen molar-refractivity contribution in [3.63, 3.8) is 0 Å². The maximum atomic E-state index is 14.2. The number of carbonyl (C=O) groups is 1. The van der Waals surface area contributed by atoms with Gasteiger partial charge in [0, 0.05) is 12.0 Å². The summed E-state index contributed by atoms with van der Waals surface area (Å²) in [5.41, 5.74) is 6.22. The summed E-state index contributed by atoms with van der Waals surface area (Å²) in [6, 6.07) is 20.9. The van der Waals surface area contributed by atoms with Gasteiger partial charge in [-0.25, -0.2) is 13.6 Å². The molecule has 1 amide bonds. The van der Waals surface area contributed by atoms with Crippen LogP contribution in [0.5, 0.6) is 0 Å². The Morgan fingerprint density at radius 1 is 0.914 bits per heavy atom. The monoisotopic (exact) mass is 471 g/mol. The number of benzene rings is 3. The summed E-state index contributed by atoms with van der Waals surface area (Å²) in [5, 5.41) is 0. The highest BCUT2D eigenvalue weighted by atomic mass is 19.2. The molecule has 35 heavy (non-hydrogen) atoms. The molecule has 1 aliphatic carbocycles. The van der Waals surface area contributed by atoms with Gasteiger partial charge in [0.05, 0.1) is 6.04 Å². The van der Waals surface area contributed by atoms with Crippen molar-refractivity contribution in [3.8, 4) is 11.1 Å². The molecule has 0 radical (unpaired) electrons. The third kappa shape index (κ3) is 3.93. The molecule has 2 unspecified atom stereocenters. The molecule has 2 aliphatic heterocycles. The lowest BCUT2D eigenvalue weighted by Gasteiger charge is -2.44. The average molecular weight is 472 g/mol. The molecule has 2 heterocycles. The Hall–Kier alpha value is -3.47. The number of hydrogen-bond acceptors (Lipinski definition) is 2. The smallest absolute Gasteiger partial charge is 0.410 e. The molecule has 2 atom stereocenters. The summed E-state index contributed by atoms with van der Waals surface area (Å²) < 4.78 is 33.8. The Balaban J connectivity index is 1.19. The van der Waals surface area contributed by atoms with Crippen LogP contribution >= 0.6 is 0 Å². The molecule has 3 nitrogen and oxygen atoms in total. The Kier molecular flexibility index (Phi) is 5.63. The van der Waals surface area contributed by atoms with E-state index in [1.165, 1.54) is 22.3 Å². The van der Waals surface area contributed by atoms with Crippen LogP contribution in [0, 0.1) is 11.6 Å². The minimum absolute atomic E-state index is 0.0260. The quantitative estimate of drug-likeness (QED) is 0.383. The van der Waals surface area contributed by atoms with Gasteiger partial charge >= 0.3 is 6.09 Å². The van der Waals surface area contributed by atoms with Crippen molar-refractivity contribution in [2.45, 2.75) is 50.1 Å². The van der Waals surface area contributed by atoms with Gasteiger partial charge in [0.25, 0.3) is 0 Å². The summed E-state index contributed by atoms with van der Waals surface area (Å²) in [5.74, 6) is -1.57. The predicted octanol–water partition coefficient (Wildman–Crippen LogP) is 7.01. The fourth-order valence-corrected chi connectivity index (χ4v) is 6.13. The van der Waals surface area contributed by atoms with Gasteiger partial charge in [0.15, 0.2) is 11.6 Å². The van der Waals surface area contributed by atoms with E-state index in [1.54, 1.807) is 12.1 Å². The van der Waals surface area contributed by atoms with Gasteiger partial charge in [0.1, 0.15) is 6.61 Å². The van der Waals surface area contributed by atoms with Crippen LogP contribution in [0.15, 0.2) is 78.4 Å². The molecule has 6 rings (SSSR count). The first-order valence-electron chi connectivity index (χ1n) is 12.4. The summed E-state index contributed by atoms with van der Waals surface area (Å²) >= 11 is 0. The standard InChI is InChI=1S/C30H27F2NO2/c31-28-14-5-7-20(29(28)32)15-19-16-21-8-6-9-22(17-19)33(21)30(34)35-18-27-25-12-3-1-10-23(25)24-11-2-4-13-26(24)27/h1-5,7,10-14,16,21-22,27H,6,8-9,15,17-18H2. The van der Waals surface area contributed by atoms with Crippen molar-refractivity contribution in [2.24, 2.45) is 0 Å². The fraction of sp³-hybridized carbons (Fsp3) is 0.300. The maximum Gasteiger partial charge on any atom is 0.410 e. The lowest BCUT2D eigenvalue weighted by molar-refractivity contribution is 0.0509. The lowest BCUT2D eigenvalue weighted by Crippen LogP contribution is -2.52. The Labute approximate surface area is 204 Å². The summed E-state index contributed by atoms with van der Waals surface area (Å²) in [6.45, 7) is 0.299. The maximum absolute atomic E-state index is 14.2. The van der Waals surface area contributed by atoms with Gasteiger partial charge in [-0.3, -0.25) is 4.90 Å². The fourth-order valence-electron chi connectivity index (χ4n) is 6.13. The van der Waals surface area contributed by atoms with E-state index in [-0.39, 0.29) is 24.1 Å². The van der Waals surface area contributed by atoms with Crippen LogP contribution in [-0.4, -0.2) is 29.7 Å². The first kappa shape index (κ1) is 22.0. The molecule has 1 saturated heterocycles. The van der Waals surface area contributed by atoms with E-state index in [0.29, 0.717) is 25.0 Å². The number of nitrogens with zero attached hydrogens (tertiary/aromatic N) is 1. The topological polar surface area (TPSA) is 29.5 Å². The molecular formula is C30H27F2NO2. The number of hydrogen-bond donors (Lipinski definition) is 0. The normalized spacial score (nSPS) is 20.7. The van der Waals surface area contributed by atoms with E-state index in [9.17, 15) is 13.6 Å². The zero-order valence-corrected chi connectivity index (χ0v) is 19.4. The molecule has 3 aromatic carbocycles. The molecule has 0 aromatic heterocycles. The van der Waals surface area contributed by atoms with Gasteiger partial charge < -0.3 is 4.74 Å². The van der Waals surface area contributed by atoms with Crippen LogP contribution in [-0.2, 0) is 11.2 Å². The van der Waals surface area contributed by atoms with Gasteiger partial charge in [-0.1, -0.05) is 72.3 Å². The van der Waals surface area contributed by atoms with Gasteiger partial charge in [0.2, 0.25) is 0 Å². The molecule has 2 bridgehead atoms. The molecule has 3 aliphatic rings. The summed E-state index contributed by atoms with van der Waals surface area (Å²) in [7, 11) is 0. The van der Waals surface area contributed by atoms with Crippen molar-refractivity contribution in [2.75, 3.05) is 6.61 Å². The number of ether oxygens (including phenoxy) is 1. The van der Waals surface area contributed by atoms with Gasteiger partial charge in [-0.05, 0) is 66.0 Å². The van der Waals surface area contributed by atoms with Crippen molar-refractivity contribution < 1.29 is 18.3 Å². The molecule has 178 valence electrons. The first-order valence-corrected chi connectivity index (χ1v) is 12.4. The zero-order chi connectivity index (χ0) is 23.9. The Bertz CT molecular complexity index is 1270. The van der Waals surface area contributed by atoms with Gasteiger partial charge in [-0.2, -0.15) is 0 Å². The van der Waals surface area contributed by atoms with Crippen LogP contribution < -0.4 is 0 Å². The molecule has 1 fully saturated rings. The van der Waals surface area contributed by atoms with E-state index in [1.807, 2.05) is 29.2 Å². The minimum atomic E-state index is -0.820. The van der Waals surface area contributed by atoms with E-state index < -0.39 is 11.6 Å². The lowest BCUT2D eigenvalue weighted by atomic mass is 9.83. The number of piperidine rings is 1. The molecule has 3 aromatic rings. The first-order chi connectivity index (χ1) is 17.1. The summed E-state index contributed by atoms with van der Waals surface area (Å²) in [6.07, 6.45) is 5.61. The molecule has 0 spiro atoms. The number of halogens is 2. The molecule has 0 saturated carbocycles. The second kappa shape index (κ2) is 8.95. The Morgan fingerprint density at radius 2 is 1.63 bits per heavy atom. The highest BCUT2D eigenvalue weighted by Gasteiger charge is 2.39. The van der Waals surface area contributed by atoms with E-state index in [4.69, 9.17) is 4.74 Å².